The molecule has 0 aliphatic heterocycles. The van der Waals surface area contributed by atoms with Crippen molar-refractivity contribution in [1.29, 1.82) is 0 Å². The van der Waals surface area contributed by atoms with E-state index in [1.807, 2.05) is 18.2 Å². The number of carbonyl (C=O) groups is 1. The number of carboxylic acid groups (broad SMARTS) is 1. The lowest BCUT2D eigenvalue weighted by Gasteiger charge is -2.15. The molecule has 3 nitrogen and oxygen atoms in total. The number of aliphatic carboxylic acids is 1. The highest BCUT2D eigenvalue weighted by Gasteiger charge is 2.19. The summed E-state index contributed by atoms with van der Waals surface area (Å²) in [6.45, 7) is 4.40. The van der Waals surface area contributed by atoms with Gasteiger partial charge in [0, 0.05) is 11.0 Å². The van der Waals surface area contributed by atoms with Crippen molar-refractivity contribution in [3.63, 3.8) is 0 Å². The molecular formula is C13H18BrNO2. The van der Waals surface area contributed by atoms with Crippen LogP contribution in [0.1, 0.15) is 43.2 Å². The molecule has 0 radical (unpaired) electrons. The highest BCUT2D eigenvalue weighted by Crippen LogP contribution is 2.30. The van der Waals surface area contributed by atoms with Gasteiger partial charge < -0.3 is 10.8 Å². The lowest BCUT2D eigenvalue weighted by molar-refractivity contribution is -0.138. The predicted molar refractivity (Wildman–Crippen MR) is 72.3 cm³/mol. The Morgan fingerprint density at radius 1 is 1.53 bits per heavy atom. The highest BCUT2D eigenvalue weighted by molar-refractivity contribution is 9.10. The molecule has 2 unspecified atom stereocenters. The van der Waals surface area contributed by atoms with Gasteiger partial charge in [-0.2, -0.15) is 0 Å². The van der Waals surface area contributed by atoms with Gasteiger partial charge in [-0.05, 0) is 29.5 Å². The molecule has 94 valence electrons. The Bertz CT molecular complexity index is 406. The van der Waals surface area contributed by atoms with Gasteiger partial charge in [0.05, 0.1) is 5.92 Å². The molecule has 0 saturated carbocycles. The molecular weight excluding hydrogens is 282 g/mol. The summed E-state index contributed by atoms with van der Waals surface area (Å²) >= 11 is 3.50. The van der Waals surface area contributed by atoms with Crippen LogP contribution in [-0.2, 0) is 4.79 Å². The molecule has 2 atom stereocenters. The number of hydrogen-bond donors (Lipinski definition) is 2. The Balaban J connectivity index is 3.07. The van der Waals surface area contributed by atoms with Crippen molar-refractivity contribution in [2.45, 2.75) is 32.1 Å². The molecule has 0 aliphatic rings. The van der Waals surface area contributed by atoms with Crippen molar-refractivity contribution in [1.82, 2.24) is 0 Å². The summed E-state index contributed by atoms with van der Waals surface area (Å²) in [7, 11) is 0. The minimum Gasteiger partial charge on any atom is -0.481 e. The molecule has 1 aromatic carbocycles. The van der Waals surface area contributed by atoms with Crippen molar-refractivity contribution in [2.75, 3.05) is 6.54 Å². The van der Waals surface area contributed by atoms with E-state index in [0.717, 1.165) is 16.5 Å². The second-order valence-corrected chi connectivity index (χ2v) is 5.07. The summed E-state index contributed by atoms with van der Waals surface area (Å²) < 4.78 is 0.962. The van der Waals surface area contributed by atoms with Crippen LogP contribution in [0, 0.1) is 0 Å². The number of nitrogens with two attached hydrogens (primary N) is 1. The Morgan fingerprint density at radius 3 is 2.59 bits per heavy atom. The van der Waals surface area contributed by atoms with E-state index in [1.165, 1.54) is 5.56 Å². The van der Waals surface area contributed by atoms with Gasteiger partial charge in [0.2, 0.25) is 0 Å². The standard InChI is InChI=1S/C13H18BrNO2/c1-3-8(2)10-5-4-9(6-12(10)14)11(7-15)13(16)17/h4-6,8,11H,3,7,15H2,1-2H3,(H,16,17). The SMILES string of the molecule is CCC(C)c1ccc(C(CN)C(=O)O)cc1Br. The van der Waals surface area contributed by atoms with Gasteiger partial charge in [-0.15, -0.1) is 0 Å². The van der Waals surface area contributed by atoms with Crippen molar-refractivity contribution >= 4 is 21.9 Å². The van der Waals surface area contributed by atoms with Crippen LogP contribution in [0.25, 0.3) is 0 Å². The zero-order valence-electron chi connectivity index (χ0n) is 10.1. The van der Waals surface area contributed by atoms with E-state index in [-0.39, 0.29) is 6.54 Å². The Hall–Kier alpha value is -0.870. The average Bonchev–Trinajstić information content (AvgIpc) is 2.28. The molecule has 0 saturated heterocycles. The highest BCUT2D eigenvalue weighted by atomic mass is 79.9. The maximum Gasteiger partial charge on any atom is 0.312 e. The van der Waals surface area contributed by atoms with E-state index in [9.17, 15) is 4.79 Å². The first-order valence-electron chi connectivity index (χ1n) is 5.73. The number of halogens is 1. The van der Waals surface area contributed by atoms with Gasteiger partial charge in [0.25, 0.3) is 0 Å². The van der Waals surface area contributed by atoms with Crippen LogP contribution in [-0.4, -0.2) is 17.6 Å². The largest absolute Gasteiger partial charge is 0.481 e. The summed E-state index contributed by atoms with van der Waals surface area (Å²) in [6, 6.07) is 5.71. The molecule has 0 fully saturated rings. The summed E-state index contributed by atoms with van der Waals surface area (Å²) in [4.78, 5) is 11.0. The van der Waals surface area contributed by atoms with Crippen LogP contribution in [0.15, 0.2) is 22.7 Å². The molecule has 1 rings (SSSR count). The van der Waals surface area contributed by atoms with Gasteiger partial charge in [-0.3, -0.25) is 4.79 Å². The second-order valence-electron chi connectivity index (χ2n) is 4.22. The first kappa shape index (κ1) is 14.2. The first-order chi connectivity index (χ1) is 8.01. The molecule has 0 bridgehead atoms. The van der Waals surface area contributed by atoms with Crippen LogP contribution in [0.2, 0.25) is 0 Å². The normalized spacial score (nSPS) is 14.4. The van der Waals surface area contributed by atoms with E-state index < -0.39 is 11.9 Å². The molecule has 4 heteroatoms. The van der Waals surface area contributed by atoms with Crippen molar-refractivity contribution in [3.8, 4) is 0 Å². The zero-order chi connectivity index (χ0) is 13.0. The van der Waals surface area contributed by atoms with Crippen LogP contribution < -0.4 is 5.73 Å². The summed E-state index contributed by atoms with van der Waals surface area (Å²) in [5.74, 6) is -1.05. The maximum absolute atomic E-state index is 11.0. The fourth-order valence-corrected chi connectivity index (χ4v) is 2.55. The first-order valence-corrected chi connectivity index (χ1v) is 6.52. The van der Waals surface area contributed by atoms with Crippen LogP contribution in [0.4, 0.5) is 0 Å². The van der Waals surface area contributed by atoms with E-state index >= 15 is 0 Å². The lowest BCUT2D eigenvalue weighted by Crippen LogP contribution is -2.21. The van der Waals surface area contributed by atoms with Crippen LogP contribution >= 0.6 is 15.9 Å². The van der Waals surface area contributed by atoms with Crippen molar-refractivity contribution in [3.05, 3.63) is 33.8 Å². The Labute approximate surface area is 110 Å². The monoisotopic (exact) mass is 299 g/mol. The van der Waals surface area contributed by atoms with E-state index in [1.54, 1.807) is 0 Å². The lowest BCUT2D eigenvalue weighted by atomic mass is 9.93. The fraction of sp³-hybridized carbons (Fsp3) is 0.462. The predicted octanol–water partition coefficient (Wildman–Crippen LogP) is 3.09. The number of hydrogen-bond acceptors (Lipinski definition) is 2. The molecule has 1 aromatic rings. The third kappa shape index (κ3) is 3.30. The number of rotatable bonds is 5. The van der Waals surface area contributed by atoms with E-state index in [4.69, 9.17) is 10.8 Å². The second kappa shape index (κ2) is 6.17. The zero-order valence-corrected chi connectivity index (χ0v) is 11.7. The van der Waals surface area contributed by atoms with Gasteiger partial charge in [-0.25, -0.2) is 0 Å². The number of carboxylic acids is 1. The van der Waals surface area contributed by atoms with Crippen molar-refractivity contribution < 1.29 is 9.90 Å². The molecule has 0 heterocycles. The molecule has 0 aliphatic carbocycles. The van der Waals surface area contributed by atoms with Crippen LogP contribution in [0.5, 0.6) is 0 Å². The molecule has 3 N–H and O–H groups in total. The molecule has 0 spiro atoms. The number of benzene rings is 1. The smallest absolute Gasteiger partial charge is 0.312 e. The van der Waals surface area contributed by atoms with Gasteiger partial charge in [0.1, 0.15) is 0 Å². The Morgan fingerprint density at radius 2 is 2.18 bits per heavy atom. The van der Waals surface area contributed by atoms with E-state index in [0.29, 0.717) is 5.92 Å². The summed E-state index contributed by atoms with van der Waals surface area (Å²) in [5.41, 5.74) is 7.44. The Kier molecular flexibility index (Phi) is 5.15. The summed E-state index contributed by atoms with van der Waals surface area (Å²) in [6.07, 6.45) is 1.05. The fourth-order valence-electron chi connectivity index (χ4n) is 1.76. The molecule has 17 heavy (non-hydrogen) atoms. The van der Waals surface area contributed by atoms with Gasteiger partial charge >= 0.3 is 5.97 Å². The molecule has 0 aromatic heterocycles. The molecule has 0 amide bonds. The minimum atomic E-state index is -0.879. The third-order valence-electron chi connectivity index (χ3n) is 3.10. The van der Waals surface area contributed by atoms with Gasteiger partial charge in [0.15, 0.2) is 0 Å². The average molecular weight is 300 g/mol. The quantitative estimate of drug-likeness (QED) is 0.878. The topological polar surface area (TPSA) is 63.3 Å². The van der Waals surface area contributed by atoms with Gasteiger partial charge in [-0.1, -0.05) is 41.9 Å². The van der Waals surface area contributed by atoms with Crippen molar-refractivity contribution in [2.24, 2.45) is 5.73 Å². The minimum absolute atomic E-state index is 0.116. The maximum atomic E-state index is 11.0. The third-order valence-corrected chi connectivity index (χ3v) is 3.79. The van der Waals surface area contributed by atoms with Crippen LogP contribution in [0.3, 0.4) is 0 Å². The van der Waals surface area contributed by atoms with E-state index in [2.05, 4.69) is 29.8 Å². The summed E-state index contributed by atoms with van der Waals surface area (Å²) in [5, 5.41) is 9.05.